The molecule has 3 rings (SSSR count). The first-order valence-electron chi connectivity index (χ1n) is 6.41. The highest BCUT2D eigenvalue weighted by Gasteiger charge is 2.35. The summed E-state index contributed by atoms with van der Waals surface area (Å²) in [4.78, 5) is 0. The largest absolute Gasteiger partial charge is 0.508 e. The zero-order valence-corrected chi connectivity index (χ0v) is 12.5. The second kappa shape index (κ2) is 5.62. The molecule has 0 radical (unpaired) electrons. The van der Waals surface area contributed by atoms with Gasteiger partial charge in [-0.1, -0.05) is 23.2 Å². The molecule has 0 bridgehead atoms. The van der Waals surface area contributed by atoms with Crippen LogP contribution in [0.5, 0.6) is 5.75 Å². The van der Waals surface area contributed by atoms with E-state index < -0.39 is 18.4 Å². The maximum Gasteiger partial charge on any atom is 0.276 e. The van der Waals surface area contributed by atoms with Gasteiger partial charge in [-0.25, -0.2) is 13.2 Å². The number of aromatic nitrogens is 3. The van der Waals surface area contributed by atoms with Crippen LogP contribution in [0.2, 0.25) is 10.0 Å². The van der Waals surface area contributed by atoms with Crippen molar-refractivity contribution in [3.8, 4) is 5.75 Å². The van der Waals surface area contributed by atoms with E-state index in [1.54, 1.807) is 0 Å². The molecule has 2 unspecified atom stereocenters. The molecule has 0 saturated carbocycles. The topological polar surface area (TPSA) is 50.9 Å². The van der Waals surface area contributed by atoms with E-state index >= 15 is 0 Å². The van der Waals surface area contributed by atoms with Gasteiger partial charge in [0.05, 0.1) is 10.0 Å². The number of fused-ring (bicyclic) bond motifs is 1. The van der Waals surface area contributed by atoms with Gasteiger partial charge in [-0.2, -0.15) is 0 Å². The molecule has 1 N–H and O–H groups in total. The third kappa shape index (κ3) is 2.42. The number of halogens is 5. The third-order valence-corrected chi connectivity index (χ3v) is 4.49. The summed E-state index contributed by atoms with van der Waals surface area (Å²) in [5, 5.41) is 17.7. The summed E-state index contributed by atoms with van der Waals surface area (Å²) in [7, 11) is 0. The van der Waals surface area contributed by atoms with Crippen molar-refractivity contribution in [3.63, 3.8) is 0 Å². The minimum Gasteiger partial charge on any atom is -0.508 e. The van der Waals surface area contributed by atoms with Crippen LogP contribution in [0.25, 0.3) is 0 Å². The molecule has 4 nitrogen and oxygen atoms in total. The summed E-state index contributed by atoms with van der Waals surface area (Å²) < 4.78 is 39.9. The van der Waals surface area contributed by atoms with E-state index in [9.17, 15) is 18.3 Å². The predicted octanol–water partition coefficient (Wildman–Crippen LogP) is 3.91. The van der Waals surface area contributed by atoms with Crippen LogP contribution in [0.15, 0.2) is 12.1 Å². The van der Waals surface area contributed by atoms with Crippen molar-refractivity contribution in [1.82, 2.24) is 14.8 Å². The molecule has 0 saturated heterocycles. The van der Waals surface area contributed by atoms with Gasteiger partial charge in [-0.05, 0) is 12.1 Å². The molecule has 2 heterocycles. The van der Waals surface area contributed by atoms with Crippen LogP contribution in [0.4, 0.5) is 13.2 Å². The SMILES string of the molecule is Oc1ccc(Cl)c(Cl)c1C1Cc2nnc(C(F)C(F)F)n2C1. The minimum atomic E-state index is -3.17. The number of alkyl halides is 3. The molecule has 22 heavy (non-hydrogen) atoms. The Balaban J connectivity index is 1.95. The van der Waals surface area contributed by atoms with E-state index in [1.165, 1.54) is 16.7 Å². The van der Waals surface area contributed by atoms with E-state index in [4.69, 9.17) is 23.2 Å². The fraction of sp³-hybridized carbons (Fsp3) is 0.385. The second-order valence-corrected chi connectivity index (χ2v) is 5.80. The molecule has 0 amide bonds. The molecule has 1 aliphatic heterocycles. The Hall–Kier alpha value is -1.47. The first kappa shape index (κ1) is 15.4. The Morgan fingerprint density at radius 2 is 1.95 bits per heavy atom. The Labute approximate surface area is 133 Å². The van der Waals surface area contributed by atoms with Gasteiger partial charge in [0, 0.05) is 24.4 Å². The second-order valence-electron chi connectivity index (χ2n) is 5.02. The Bertz CT molecular complexity index is 723. The standard InChI is InChI=1S/C13H10Cl2F3N3O/c14-6-1-2-7(22)9(10(6)15)5-3-8-19-20-13(21(8)4-5)11(16)12(17)18/h1-2,5,11-12,22H,3-4H2. The molecule has 9 heteroatoms. The van der Waals surface area contributed by atoms with Crippen molar-refractivity contribution in [2.75, 3.05) is 0 Å². The number of rotatable bonds is 3. The summed E-state index contributed by atoms with van der Waals surface area (Å²) in [5.74, 6) is -0.422. The van der Waals surface area contributed by atoms with Crippen LogP contribution in [0.3, 0.4) is 0 Å². The van der Waals surface area contributed by atoms with Gasteiger partial charge in [-0.3, -0.25) is 0 Å². The van der Waals surface area contributed by atoms with E-state index in [1.807, 2.05) is 0 Å². The zero-order valence-electron chi connectivity index (χ0n) is 11.0. The lowest BCUT2D eigenvalue weighted by Crippen LogP contribution is -2.12. The zero-order chi connectivity index (χ0) is 16.0. The first-order chi connectivity index (χ1) is 10.4. The monoisotopic (exact) mass is 351 g/mol. The number of hydrogen-bond donors (Lipinski definition) is 1. The van der Waals surface area contributed by atoms with Crippen molar-refractivity contribution >= 4 is 23.2 Å². The Morgan fingerprint density at radius 3 is 2.64 bits per heavy atom. The molecule has 118 valence electrons. The average Bonchev–Trinajstić information content (AvgIpc) is 3.02. The molecule has 0 spiro atoms. The Morgan fingerprint density at radius 1 is 1.23 bits per heavy atom. The maximum absolute atomic E-state index is 13.5. The van der Waals surface area contributed by atoms with Gasteiger partial charge in [0.1, 0.15) is 11.6 Å². The normalized spacial score (nSPS) is 18.7. The molecule has 1 aromatic carbocycles. The molecule has 2 aromatic rings. The highest BCUT2D eigenvalue weighted by atomic mass is 35.5. The summed E-state index contributed by atoms with van der Waals surface area (Å²) in [6, 6.07) is 2.86. The number of phenolic OH excluding ortho intramolecular Hbond substituents is 1. The van der Waals surface area contributed by atoms with Crippen molar-refractivity contribution in [3.05, 3.63) is 39.4 Å². The van der Waals surface area contributed by atoms with Gasteiger partial charge in [0.25, 0.3) is 6.43 Å². The van der Waals surface area contributed by atoms with Crippen LogP contribution >= 0.6 is 23.2 Å². The number of aromatic hydroxyl groups is 1. The number of benzene rings is 1. The number of phenols is 1. The molecule has 0 aliphatic carbocycles. The summed E-state index contributed by atoms with van der Waals surface area (Å²) in [5.41, 5.74) is 0.401. The van der Waals surface area contributed by atoms with Crippen molar-refractivity contribution in [1.29, 1.82) is 0 Å². The fourth-order valence-corrected chi connectivity index (χ4v) is 3.14. The maximum atomic E-state index is 13.5. The molecule has 1 aromatic heterocycles. The van der Waals surface area contributed by atoms with Crippen LogP contribution in [-0.4, -0.2) is 26.3 Å². The van der Waals surface area contributed by atoms with Crippen molar-refractivity contribution in [2.45, 2.75) is 31.5 Å². The van der Waals surface area contributed by atoms with Gasteiger partial charge >= 0.3 is 0 Å². The number of nitrogens with zero attached hydrogens (tertiary/aromatic N) is 3. The summed E-state index contributed by atoms with van der Waals surface area (Å²) in [6.07, 6.45) is -5.37. The van der Waals surface area contributed by atoms with E-state index in [0.29, 0.717) is 17.8 Å². The average molecular weight is 352 g/mol. The smallest absolute Gasteiger partial charge is 0.276 e. The quantitative estimate of drug-likeness (QED) is 0.911. The van der Waals surface area contributed by atoms with Gasteiger partial charge in [0.15, 0.2) is 5.82 Å². The molecular formula is C13H10Cl2F3N3O. The van der Waals surface area contributed by atoms with Crippen molar-refractivity contribution < 1.29 is 18.3 Å². The highest BCUT2D eigenvalue weighted by molar-refractivity contribution is 6.42. The van der Waals surface area contributed by atoms with Crippen LogP contribution in [-0.2, 0) is 13.0 Å². The van der Waals surface area contributed by atoms with Crippen LogP contribution in [0.1, 0.15) is 29.3 Å². The molecule has 2 atom stereocenters. The predicted molar refractivity (Wildman–Crippen MR) is 74.4 cm³/mol. The summed E-state index contributed by atoms with van der Waals surface area (Å²) in [6.45, 7) is 0.151. The minimum absolute atomic E-state index is 0.0506. The lowest BCUT2D eigenvalue weighted by molar-refractivity contribution is 0.0426. The van der Waals surface area contributed by atoms with Crippen LogP contribution in [0, 0.1) is 0 Å². The van der Waals surface area contributed by atoms with E-state index in [-0.39, 0.29) is 28.3 Å². The highest BCUT2D eigenvalue weighted by Crippen LogP contribution is 2.42. The van der Waals surface area contributed by atoms with Gasteiger partial charge in [-0.15, -0.1) is 10.2 Å². The lowest BCUT2D eigenvalue weighted by Gasteiger charge is -2.15. The molecular weight excluding hydrogens is 342 g/mol. The molecule has 0 fully saturated rings. The van der Waals surface area contributed by atoms with Gasteiger partial charge in [0.2, 0.25) is 6.17 Å². The fourth-order valence-electron chi connectivity index (χ4n) is 2.66. The number of hydrogen-bond acceptors (Lipinski definition) is 3. The van der Waals surface area contributed by atoms with E-state index in [0.717, 1.165) is 0 Å². The van der Waals surface area contributed by atoms with E-state index in [2.05, 4.69) is 10.2 Å². The third-order valence-electron chi connectivity index (χ3n) is 3.67. The van der Waals surface area contributed by atoms with Crippen LogP contribution < -0.4 is 0 Å². The van der Waals surface area contributed by atoms with Crippen molar-refractivity contribution in [2.24, 2.45) is 0 Å². The Kier molecular flexibility index (Phi) is 3.94. The van der Waals surface area contributed by atoms with Gasteiger partial charge < -0.3 is 9.67 Å². The molecule has 1 aliphatic rings. The first-order valence-corrected chi connectivity index (χ1v) is 7.16. The summed E-state index contributed by atoms with van der Waals surface area (Å²) >= 11 is 12.0. The lowest BCUT2D eigenvalue weighted by atomic mass is 9.96.